The molecule has 1 aliphatic carbocycles. The molecular formula is C8H12O. The van der Waals surface area contributed by atoms with Crippen LogP contribution in [0.2, 0.25) is 0 Å². The number of hydrogen-bond donors (Lipinski definition) is 0. The van der Waals surface area contributed by atoms with Gasteiger partial charge in [0, 0.05) is 5.41 Å². The van der Waals surface area contributed by atoms with Crippen molar-refractivity contribution in [2.24, 2.45) is 5.41 Å². The zero-order valence-corrected chi connectivity index (χ0v) is 5.98. The molecule has 0 amide bonds. The van der Waals surface area contributed by atoms with E-state index in [9.17, 15) is 0 Å². The third kappa shape index (κ3) is 0.531. The summed E-state index contributed by atoms with van der Waals surface area (Å²) in [5, 5.41) is 0. The molecule has 1 unspecified atom stereocenters. The van der Waals surface area contributed by atoms with Gasteiger partial charge in [-0.3, -0.25) is 0 Å². The normalized spacial score (nSPS) is 44.2. The first-order valence-corrected chi connectivity index (χ1v) is 3.48. The molecule has 0 saturated carbocycles. The fraction of sp³-hybridized carbons (Fsp3) is 0.750. The number of epoxide rings is 1. The molecule has 1 nitrogen and oxygen atoms in total. The Morgan fingerprint density at radius 2 is 2.11 bits per heavy atom. The van der Waals surface area contributed by atoms with Crippen LogP contribution in [-0.4, -0.2) is 12.2 Å². The van der Waals surface area contributed by atoms with Gasteiger partial charge in [0.2, 0.25) is 0 Å². The molecule has 0 N–H and O–H groups in total. The monoisotopic (exact) mass is 124 g/mol. The van der Waals surface area contributed by atoms with Gasteiger partial charge in [-0.2, -0.15) is 0 Å². The van der Waals surface area contributed by atoms with E-state index in [4.69, 9.17) is 4.74 Å². The van der Waals surface area contributed by atoms with Crippen LogP contribution in [0.15, 0.2) is 12.2 Å². The van der Waals surface area contributed by atoms with Gasteiger partial charge in [0.1, 0.15) is 5.60 Å². The topological polar surface area (TPSA) is 12.5 Å². The van der Waals surface area contributed by atoms with E-state index in [0.29, 0.717) is 5.41 Å². The van der Waals surface area contributed by atoms with Gasteiger partial charge >= 0.3 is 0 Å². The van der Waals surface area contributed by atoms with E-state index in [1.165, 1.54) is 0 Å². The molecule has 1 heterocycles. The van der Waals surface area contributed by atoms with Crippen molar-refractivity contribution < 1.29 is 4.74 Å². The van der Waals surface area contributed by atoms with Crippen molar-refractivity contribution in [1.29, 1.82) is 0 Å². The molecule has 1 atom stereocenters. The van der Waals surface area contributed by atoms with Crippen molar-refractivity contribution in [2.75, 3.05) is 6.61 Å². The van der Waals surface area contributed by atoms with Gasteiger partial charge in [-0.25, -0.2) is 0 Å². The first kappa shape index (κ1) is 5.48. The molecule has 50 valence electrons. The van der Waals surface area contributed by atoms with Crippen molar-refractivity contribution in [3.05, 3.63) is 12.2 Å². The maximum atomic E-state index is 5.41. The van der Waals surface area contributed by atoms with Crippen molar-refractivity contribution in [3.63, 3.8) is 0 Å². The molecule has 1 saturated heterocycles. The Hall–Kier alpha value is -0.300. The Kier molecular flexibility index (Phi) is 0.755. The predicted octanol–water partition coefficient (Wildman–Crippen LogP) is 1.74. The summed E-state index contributed by atoms with van der Waals surface area (Å²) in [6.07, 6.45) is 5.62. The van der Waals surface area contributed by atoms with E-state index in [1.54, 1.807) is 0 Å². The first-order chi connectivity index (χ1) is 4.16. The predicted molar refractivity (Wildman–Crippen MR) is 36.2 cm³/mol. The average molecular weight is 124 g/mol. The van der Waals surface area contributed by atoms with Crippen LogP contribution < -0.4 is 0 Å². The molecule has 0 aromatic rings. The molecule has 0 radical (unpaired) electrons. The maximum Gasteiger partial charge on any atom is 0.103 e. The Balaban J connectivity index is 2.30. The Morgan fingerprint density at radius 1 is 1.44 bits per heavy atom. The van der Waals surface area contributed by atoms with Crippen LogP contribution in [0, 0.1) is 5.41 Å². The second-order valence-corrected chi connectivity index (χ2v) is 3.61. The summed E-state index contributed by atoms with van der Waals surface area (Å²) in [4.78, 5) is 0. The van der Waals surface area contributed by atoms with E-state index < -0.39 is 0 Å². The molecule has 1 heteroatoms. The fourth-order valence-corrected chi connectivity index (χ4v) is 1.54. The lowest BCUT2D eigenvalue weighted by Gasteiger charge is -2.21. The smallest absolute Gasteiger partial charge is 0.103 e. The zero-order valence-electron chi connectivity index (χ0n) is 5.98. The van der Waals surface area contributed by atoms with Gasteiger partial charge in [0.25, 0.3) is 0 Å². The van der Waals surface area contributed by atoms with Crippen LogP contribution in [0.1, 0.15) is 20.3 Å². The van der Waals surface area contributed by atoms with Crippen molar-refractivity contribution in [1.82, 2.24) is 0 Å². The standard InChI is InChI=1S/C8H12O/c1-7(2)4-3-5-8(7)6-9-8/h3-4H,5-6H2,1-2H3. The van der Waals surface area contributed by atoms with Crippen LogP contribution in [0.3, 0.4) is 0 Å². The molecule has 2 aliphatic rings. The Bertz CT molecular complexity index is 163. The highest BCUT2D eigenvalue weighted by Crippen LogP contribution is 2.51. The summed E-state index contributed by atoms with van der Waals surface area (Å²) >= 11 is 0. The fourth-order valence-electron chi connectivity index (χ4n) is 1.54. The summed E-state index contributed by atoms with van der Waals surface area (Å²) in [6, 6.07) is 0. The van der Waals surface area contributed by atoms with Crippen molar-refractivity contribution in [3.8, 4) is 0 Å². The van der Waals surface area contributed by atoms with Crippen molar-refractivity contribution >= 4 is 0 Å². The Morgan fingerprint density at radius 3 is 2.33 bits per heavy atom. The van der Waals surface area contributed by atoms with Gasteiger partial charge in [-0.05, 0) is 6.42 Å². The van der Waals surface area contributed by atoms with Gasteiger partial charge in [0.05, 0.1) is 6.61 Å². The maximum absolute atomic E-state index is 5.41. The van der Waals surface area contributed by atoms with Gasteiger partial charge in [-0.15, -0.1) is 0 Å². The van der Waals surface area contributed by atoms with Crippen LogP contribution in [-0.2, 0) is 4.74 Å². The van der Waals surface area contributed by atoms with Crippen LogP contribution in [0.5, 0.6) is 0 Å². The lowest BCUT2D eigenvalue weighted by Crippen LogP contribution is -2.26. The zero-order chi connectivity index (χ0) is 6.54. The van der Waals surface area contributed by atoms with E-state index in [2.05, 4.69) is 26.0 Å². The highest BCUT2D eigenvalue weighted by molar-refractivity contribution is 5.21. The summed E-state index contributed by atoms with van der Waals surface area (Å²) < 4.78 is 5.41. The highest BCUT2D eigenvalue weighted by Gasteiger charge is 2.56. The summed E-state index contributed by atoms with van der Waals surface area (Å²) in [7, 11) is 0. The van der Waals surface area contributed by atoms with Gasteiger partial charge < -0.3 is 4.74 Å². The third-order valence-electron chi connectivity index (χ3n) is 2.65. The second-order valence-electron chi connectivity index (χ2n) is 3.61. The minimum Gasteiger partial charge on any atom is -0.368 e. The molecular weight excluding hydrogens is 112 g/mol. The lowest BCUT2D eigenvalue weighted by atomic mass is 9.82. The van der Waals surface area contributed by atoms with Gasteiger partial charge in [-0.1, -0.05) is 26.0 Å². The SMILES string of the molecule is CC1(C)C=CCC12CO2. The van der Waals surface area contributed by atoms with Crippen LogP contribution >= 0.6 is 0 Å². The summed E-state index contributed by atoms with van der Waals surface area (Å²) in [5.41, 5.74) is 0.528. The molecule has 0 aromatic heterocycles. The quantitative estimate of drug-likeness (QED) is 0.354. The first-order valence-electron chi connectivity index (χ1n) is 3.48. The van der Waals surface area contributed by atoms with E-state index in [-0.39, 0.29) is 5.60 Å². The molecule has 9 heavy (non-hydrogen) atoms. The second kappa shape index (κ2) is 1.24. The average Bonchev–Trinajstić information content (AvgIpc) is 2.41. The molecule has 1 spiro atoms. The summed E-state index contributed by atoms with van der Waals surface area (Å²) in [5.74, 6) is 0. The molecule has 0 bridgehead atoms. The number of ether oxygens (including phenoxy) is 1. The lowest BCUT2D eigenvalue weighted by molar-refractivity contribution is 0.199. The molecule has 2 rings (SSSR count). The van der Waals surface area contributed by atoms with Crippen molar-refractivity contribution in [2.45, 2.75) is 25.9 Å². The van der Waals surface area contributed by atoms with E-state index in [1.807, 2.05) is 0 Å². The molecule has 1 aliphatic heterocycles. The Labute approximate surface area is 55.7 Å². The minimum absolute atomic E-state index is 0.229. The van der Waals surface area contributed by atoms with Gasteiger partial charge in [0.15, 0.2) is 0 Å². The van der Waals surface area contributed by atoms with Crippen LogP contribution in [0.4, 0.5) is 0 Å². The largest absolute Gasteiger partial charge is 0.368 e. The summed E-state index contributed by atoms with van der Waals surface area (Å²) in [6.45, 7) is 5.44. The van der Waals surface area contributed by atoms with Crippen LogP contribution in [0.25, 0.3) is 0 Å². The molecule has 1 fully saturated rings. The minimum atomic E-state index is 0.229. The third-order valence-corrected chi connectivity index (χ3v) is 2.65. The number of hydrogen-bond acceptors (Lipinski definition) is 1. The van der Waals surface area contributed by atoms with E-state index >= 15 is 0 Å². The van der Waals surface area contributed by atoms with E-state index in [0.717, 1.165) is 13.0 Å². The number of rotatable bonds is 0. The highest BCUT2D eigenvalue weighted by atomic mass is 16.6. The molecule has 0 aromatic carbocycles.